The van der Waals surface area contributed by atoms with Gasteiger partial charge in [0.25, 0.3) is 0 Å². The van der Waals surface area contributed by atoms with Crippen molar-refractivity contribution in [2.45, 2.75) is 6.42 Å². The minimum absolute atomic E-state index is 0.190. The van der Waals surface area contributed by atoms with Crippen molar-refractivity contribution >= 4 is 32.9 Å². The van der Waals surface area contributed by atoms with Crippen LogP contribution < -0.4 is 9.62 Å². The average Bonchev–Trinajstić information content (AvgIpc) is 3.59. The van der Waals surface area contributed by atoms with E-state index in [0.29, 0.717) is 24.6 Å². The fraction of sp³-hybridized carbons (Fsp3) is 0.125. The van der Waals surface area contributed by atoms with Crippen molar-refractivity contribution in [3.05, 3.63) is 85.3 Å². The molecule has 9 nitrogen and oxygen atoms in total. The molecule has 3 aromatic heterocycles. The number of nitrogens with zero attached hydrogens (tertiary/aromatic N) is 6. The van der Waals surface area contributed by atoms with Gasteiger partial charge in [0.1, 0.15) is 0 Å². The molecule has 1 saturated heterocycles. The van der Waals surface area contributed by atoms with Gasteiger partial charge in [-0.1, -0.05) is 18.2 Å². The Labute approximate surface area is 196 Å². The largest absolute Gasteiger partial charge is 0.323 e. The molecular formula is C24H21N7O2S. The van der Waals surface area contributed by atoms with Gasteiger partial charge in [-0.15, -0.1) is 5.10 Å². The molecule has 0 unspecified atom stereocenters. The van der Waals surface area contributed by atoms with E-state index in [1.54, 1.807) is 17.1 Å². The van der Waals surface area contributed by atoms with E-state index in [1.165, 1.54) is 4.31 Å². The summed E-state index contributed by atoms with van der Waals surface area (Å²) in [6.45, 7) is 0.508. The van der Waals surface area contributed by atoms with Gasteiger partial charge in [-0.2, -0.15) is 5.10 Å². The molecule has 0 spiro atoms. The van der Waals surface area contributed by atoms with Gasteiger partial charge in [0.2, 0.25) is 16.0 Å². The fourth-order valence-electron chi connectivity index (χ4n) is 4.20. The van der Waals surface area contributed by atoms with Gasteiger partial charge in [0, 0.05) is 30.2 Å². The summed E-state index contributed by atoms with van der Waals surface area (Å²) in [5.41, 5.74) is 5.00. The van der Waals surface area contributed by atoms with Crippen molar-refractivity contribution in [1.82, 2.24) is 24.4 Å². The lowest BCUT2D eigenvalue weighted by Crippen LogP contribution is -2.24. The Morgan fingerprint density at radius 3 is 2.65 bits per heavy atom. The third kappa shape index (κ3) is 3.67. The predicted octanol–water partition coefficient (Wildman–Crippen LogP) is 3.87. The van der Waals surface area contributed by atoms with Gasteiger partial charge in [0.15, 0.2) is 0 Å². The summed E-state index contributed by atoms with van der Waals surface area (Å²) in [6, 6.07) is 21.2. The Kier molecular flexibility index (Phi) is 4.80. The zero-order chi connectivity index (χ0) is 23.1. The molecule has 10 heteroatoms. The first-order valence-corrected chi connectivity index (χ1v) is 12.5. The Balaban J connectivity index is 1.34. The lowest BCUT2D eigenvalue weighted by molar-refractivity contribution is 0.599. The first kappa shape index (κ1) is 20.4. The van der Waals surface area contributed by atoms with Crippen molar-refractivity contribution in [1.29, 1.82) is 0 Å². The number of hydrogen-bond acceptors (Lipinski definition) is 6. The Morgan fingerprint density at radius 2 is 1.82 bits per heavy atom. The monoisotopic (exact) mass is 471 g/mol. The normalized spacial score (nSPS) is 15.1. The number of benzene rings is 2. The number of nitrogens with one attached hydrogen (secondary N) is 1. The summed E-state index contributed by atoms with van der Waals surface area (Å²) in [4.78, 5) is 4.45. The number of fused-ring (bicyclic) bond motifs is 1. The van der Waals surface area contributed by atoms with E-state index in [0.717, 1.165) is 28.1 Å². The smallest absolute Gasteiger partial charge is 0.245 e. The van der Waals surface area contributed by atoms with Crippen LogP contribution in [0.1, 0.15) is 6.42 Å². The third-order valence-electron chi connectivity index (χ3n) is 5.80. The van der Waals surface area contributed by atoms with Crippen molar-refractivity contribution in [2.75, 3.05) is 21.9 Å². The van der Waals surface area contributed by atoms with Gasteiger partial charge < -0.3 is 5.32 Å². The van der Waals surface area contributed by atoms with Crippen LogP contribution in [-0.2, 0) is 10.0 Å². The van der Waals surface area contributed by atoms with Gasteiger partial charge >= 0.3 is 0 Å². The second-order valence-corrected chi connectivity index (χ2v) is 10.1. The summed E-state index contributed by atoms with van der Waals surface area (Å²) in [6.07, 6.45) is 6.02. The van der Waals surface area contributed by atoms with Crippen LogP contribution in [0.4, 0.5) is 17.3 Å². The minimum Gasteiger partial charge on any atom is -0.323 e. The summed E-state index contributed by atoms with van der Waals surface area (Å²) >= 11 is 0. The molecule has 0 atom stereocenters. The SMILES string of the molecule is O=S1(=O)CCCN1c1cccc(-c2ccc3cnc(Nc4cccc(-n5cccn5)c4)nn23)c1. The maximum absolute atomic E-state index is 12.4. The fourth-order valence-corrected chi connectivity index (χ4v) is 5.76. The second-order valence-electron chi connectivity index (χ2n) is 8.06. The molecule has 0 bridgehead atoms. The number of aromatic nitrogens is 5. The standard InChI is InChI=1S/C24H21N7O2S/c32-34(33)14-4-13-30(34)21-8-1-5-18(15-21)23-10-9-22-17-25-24(28-31(22)23)27-19-6-2-7-20(16-19)29-12-3-11-26-29/h1-3,5-12,15-17H,4,13-14H2,(H,27,28). The zero-order valence-corrected chi connectivity index (χ0v) is 18.9. The predicted molar refractivity (Wildman–Crippen MR) is 131 cm³/mol. The second kappa shape index (κ2) is 7.99. The molecule has 0 aliphatic carbocycles. The molecule has 2 aromatic carbocycles. The van der Waals surface area contributed by atoms with Crippen LogP contribution >= 0.6 is 0 Å². The molecule has 1 aliphatic rings. The highest BCUT2D eigenvalue weighted by molar-refractivity contribution is 7.93. The van der Waals surface area contributed by atoms with Crippen molar-refractivity contribution in [3.8, 4) is 16.9 Å². The minimum atomic E-state index is -3.24. The number of anilines is 3. The maximum atomic E-state index is 12.4. The number of sulfonamides is 1. The van der Waals surface area contributed by atoms with Crippen molar-refractivity contribution < 1.29 is 8.42 Å². The van der Waals surface area contributed by atoms with Crippen LogP contribution in [0.5, 0.6) is 0 Å². The van der Waals surface area contributed by atoms with Gasteiger partial charge in [-0.3, -0.25) is 4.31 Å². The summed E-state index contributed by atoms with van der Waals surface area (Å²) in [5, 5.41) is 12.2. The highest BCUT2D eigenvalue weighted by atomic mass is 32.2. The van der Waals surface area contributed by atoms with Crippen LogP contribution in [0.25, 0.3) is 22.5 Å². The van der Waals surface area contributed by atoms with Crippen LogP contribution in [0.2, 0.25) is 0 Å². The summed E-state index contributed by atoms with van der Waals surface area (Å²) < 4.78 is 29.8. The number of rotatable bonds is 5. The lowest BCUT2D eigenvalue weighted by atomic mass is 10.1. The molecule has 0 amide bonds. The van der Waals surface area contributed by atoms with Crippen LogP contribution in [0.3, 0.4) is 0 Å². The Morgan fingerprint density at radius 1 is 0.941 bits per heavy atom. The molecule has 6 rings (SSSR count). The molecule has 170 valence electrons. The first-order chi connectivity index (χ1) is 16.6. The molecular weight excluding hydrogens is 450 g/mol. The van der Waals surface area contributed by atoms with E-state index in [-0.39, 0.29) is 5.75 Å². The van der Waals surface area contributed by atoms with E-state index in [4.69, 9.17) is 5.10 Å². The molecule has 1 fully saturated rings. The van der Waals surface area contributed by atoms with Gasteiger partial charge in [-0.05, 0) is 55.0 Å². The maximum Gasteiger partial charge on any atom is 0.245 e. The quantitative estimate of drug-likeness (QED) is 0.418. The number of hydrogen-bond donors (Lipinski definition) is 1. The Hall–Kier alpha value is -4.18. The van der Waals surface area contributed by atoms with E-state index >= 15 is 0 Å². The van der Waals surface area contributed by atoms with Gasteiger partial charge in [0.05, 0.1) is 34.5 Å². The summed E-state index contributed by atoms with van der Waals surface area (Å²) in [5.74, 6) is 0.635. The van der Waals surface area contributed by atoms with E-state index < -0.39 is 10.0 Å². The summed E-state index contributed by atoms with van der Waals surface area (Å²) in [7, 11) is -3.24. The first-order valence-electron chi connectivity index (χ1n) is 10.9. The zero-order valence-electron chi connectivity index (χ0n) is 18.1. The van der Waals surface area contributed by atoms with Crippen LogP contribution in [-0.4, -0.2) is 45.1 Å². The molecule has 0 radical (unpaired) electrons. The molecule has 5 aromatic rings. The van der Waals surface area contributed by atoms with Crippen LogP contribution in [0, 0.1) is 0 Å². The van der Waals surface area contributed by atoms with Crippen LogP contribution in [0.15, 0.2) is 85.3 Å². The third-order valence-corrected chi connectivity index (χ3v) is 7.67. The van der Waals surface area contributed by atoms with E-state index in [2.05, 4.69) is 15.4 Å². The van der Waals surface area contributed by atoms with Crippen molar-refractivity contribution in [2.24, 2.45) is 0 Å². The Bertz CT molecular complexity index is 1590. The average molecular weight is 472 g/mol. The molecule has 0 saturated carbocycles. The van der Waals surface area contributed by atoms with Crippen molar-refractivity contribution in [3.63, 3.8) is 0 Å². The van der Waals surface area contributed by atoms with Gasteiger partial charge in [-0.25, -0.2) is 22.6 Å². The molecule has 4 heterocycles. The highest BCUT2D eigenvalue weighted by Crippen LogP contribution is 2.30. The molecule has 34 heavy (non-hydrogen) atoms. The lowest BCUT2D eigenvalue weighted by Gasteiger charge is -2.17. The highest BCUT2D eigenvalue weighted by Gasteiger charge is 2.28. The van der Waals surface area contributed by atoms with E-state index in [1.807, 2.05) is 77.4 Å². The van der Waals surface area contributed by atoms with E-state index in [9.17, 15) is 8.42 Å². The topological polar surface area (TPSA) is 97.4 Å². The molecule has 1 aliphatic heterocycles. The molecule has 1 N–H and O–H groups in total.